The Morgan fingerprint density at radius 1 is 1.22 bits per heavy atom. The summed E-state index contributed by atoms with van der Waals surface area (Å²) in [7, 11) is 0. The molecule has 2 aromatic heterocycles. The smallest absolute Gasteiger partial charge is 0.348 e. The van der Waals surface area contributed by atoms with Gasteiger partial charge >= 0.3 is 6.18 Å². The van der Waals surface area contributed by atoms with Gasteiger partial charge in [0.25, 0.3) is 11.5 Å². The van der Waals surface area contributed by atoms with Crippen molar-refractivity contribution in [1.29, 1.82) is 0 Å². The third-order valence-electron chi connectivity index (χ3n) is 6.93. The van der Waals surface area contributed by atoms with Crippen LogP contribution in [-0.4, -0.2) is 27.4 Å². The van der Waals surface area contributed by atoms with Gasteiger partial charge in [-0.2, -0.15) is 13.2 Å². The van der Waals surface area contributed by atoms with E-state index in [0.717, 1.165) is 47.3 Å². The summed E-state index contributed by atoms with van der Waals surface area (Å²) < 4.78 is 39.9. The lowest BCUT2D eigenvalue weighted by Crippen LogP contribution is -2.43. The minimum atomic E-state index is -4.54. The highest BCUT2D eigenvalue weighted by Crippen LogP contribution is 2.32. The Labute approximate surface area is 209 Å². The zero-order valence-corrected chi connectivity index (χ0v) is 20.9. The first-order valence-electron chi connectivity index (χ1n) is 11.7. The Morgan fingerprint density at radius 3 is 2.69 bits per heavy atom. The first-order chi connectivity index (χ1) is 17.0. The predicted octanol–water partition coefficient (Wildman–Crippen LogP) is 4.98. The summed E-state index contributed by atoms with van der Waals surface area (Å²) >= 11 is 1.13. The molecule has 0 aliphatic heterocycles. The van der Waals surface area contributed by atoms with Gasteiger partial charge in [0.15, 0.2) is 0 Å². The van der Waals surface area contributed by atoms with Gasteiger partial charge in [-0.05, 0) is 48.9 Å². The highest BCUT2D eigenvalue weighted by Gasteiger charge is 2.31. The number of aryl methyl sites for hydroxylation is 1. The van der Waals surface area contributed by atoms with Crippen LogP contribution in [0.5, 0.6) is 0 Å². The van der Waals surface area contributed by atoms with Gasteiger partial charge in [-0.1, -0.05) is 32.8 Å². The number of anilines is 1. The number of aromatic nitrogens is 2. The van der Waals surface area contributed by atoms with Crippen LogP contribution in [0.15, 0.2) is 35.4 Å². The van der Waals surface area contributed by atoms with Crippen molar-refractivity contribution in [3.63, 3.8) is 0 Å². The quantitative estimate of drug-likeness (QED) is 0.496. The SMILES string of the molecule is Cc1c(C(=O)NC2CCCC(C)C2C)sc2ncn(CC(=O)Nc3cccc(C(F)(F)F)c3)c(=O)c12. The number of carbonyl (C=O) groups is 2. The molecule has 192 valence electrons. The second kappa shape index (κ2) is 10.0. The predicted molar refractivity (Wildman–Crippen MR) is 132 cm³/mol. The number of thiophene rings is 1. The van der Waals surface area contributed by atoms with Crippen molar-refractivity contribution < 1.29 is 22.8 Å². The van der Waals surface area contributed by atoms with Crippen molar-refractivity contribution in [2.45, 2.75) is 58.8 Å². The molecule has 36 heavy (non-hydrogen) atoms. The highest BCUT2D eigenvalue weighted by atomic mass is 32.1. The normalized spacial score (nSPS) is 20.3. The molecule has 3 aromatic rings. The molecule has 2 N–H and O–H groups in total. The number of rotatable bonds is 5. The molecule has 3 unspecified atom stereocenters. The van der Waals surface area contributed by atoms with Crippen molar-refractivity contribution in [2.75, 3.05) is 5.32 Å². The zero-order chi connectivity index (χ0) is 26.2. The zero-order valence-electron chi connectivity index (χ0n) is 20.1. The van der Waals surface area contributed by atoms with E-state index in [4.69, 9.17) is 0 Å². The fraction of sp³-hybridized carbons (Fsp3) is 0.440. The van der Waals surface area contributed by atoms with E-state index in [1.54, 1.807) is 6.92 Å². The van der Waals surface area contributed by atoms with Crippen LogP contribution in [0.1, 0.15) is 53.9 Å². The van der Waals surface area contributed by atoms with Crippen LogP contribution in [0.2, 0.25) is 0 Å². The maximum Gasteiger partial charge on any atom is 0.416 e. The average molecular weight is 521 g/mol. The molecule has 7 nitrogen and oxygen atoms in total. The summed E-state index contributed by atoms with van der Waals surface area (Å²) in [5.74, 6) is -0.0508. The minimum Gasteiger partial charge on any atom is -0.348 e. The van der Waals surface area contributed by atoms with Crippen molar-refractivity contribution in [1.82, 2.24) is 14.9 Å². The first kappa shape index (κ1) is 25.9. The number of hydrogen-bond donors (Lipinski definition) is 2. The molecule has 0 saturated heterocycles. The molecule has 4 rings (SSSR count). The van der Waals surface area contributed by atoms with E-state index in [1.807, 2.05) is 0 Å². The molecule has 3 atom stereocenters. The number of alkyl halides is 3. The number of hydrogen-bond acceptors (Lipinski definition) is 5. The van der Waals surface area contributed by atoms with Gasteiger partial charge in [-0.25, -0.2) is 4.98 Å². The Balaban J connectivity index is 1.52. The number of nitrogens with zero attached hydrogens (tertiary/aromatic N) is 2. The minimum absolute atomic E-state index is 0.0335. The van der Waals surface area contributed by atoms with Crippen LogP contribution in [0.3, 0.4) is 0 Å². The molecular weight excluding hydrogens is 493 g/mol. The van der Waals surface area contributed by atoms with Crippen molar-refractivity contribution in [3.05, 3.63) is 57.0 Å². The lowest BCUT2D eigenvalue weighted by atomic mass is 9.78. The Kier molecular flexibility index (Phi) is 7.21. The second-order valence-corrected chi connectivity index (χ2v) is 10.4. The molecule has 1 saturated carbocycles. The Morgan fingerprint density at radius 2 is 1.97 bits per heavy atom. The molecule has 2 amide bonds. The Bertz CT molecular complexity index is 1360. The molecule has 1 fully saturated rings. The van der Waals surface area contributed by atoms with Gasteiger partial charge in [0.05, 0.1) is 22.2 Å². The fourth-order valence-electron chi connectivity index (χ4n) is 4.64. The van der Waals surface area contributed by atoms with Crippen LogP contribution in [-0.2, 0) is 17.5 Å². The van der Waals surface area contributed by atoms with E-state index in [0.29, 0.717) is 27.1 Å². The van der Waals surface area contributed by atoms with Crippen molar-refractivity contribution >= 4 is 39.1 Å². The molecule has 1 aliphatic carbocycles. The van der Waals surface area contributed by atoms with E-state index >= 15 is 0 Å². The van der Waals surface area contributed by atoms with E-state index in [9.17, 15) is 27.6 Å². The van der Waals surface area contributed by atoms with Gasteiger partial charge in [-0.15, -0.1) is 11.3 Å². The number of benzene rings is 1. The molecule has 1 aliphatic rings. The lowest BCUT2D eigenvalue weighted by Gasteiger charge is -2.34. The standard InChI is InChI=1S/C25H27F3N4O3S/c1-13-6-4-9-18(14(13)2)31-22(34)21-15(3)20-23(36-21)29-12-32(24(20)35)11-19(33)30-17-8-5-7-16(10-17)25(26,27)28/h5,7-8,10,12-14,18H,4,6,9,11H2,1-3H3,(H,30,33)(H,31,34). The fourth-order valence-corrected chi connectivity index (χ4v) is 5.68. The van der Waals surface area contributed by atoms with Crippen molar-refractivity contribution in [3.8, 4) is 0 Å². The van der Waals surface area contributed by atoms with Crippen LogP contribution >= 0.6 is 11.3 Å². The van der Waals surface area contributed by atoms with E-state index < -0.39 is 29.8 Å². The molecule has 0 radical (unpaired) electrons. The van der Waals surface area contributed by atoms with Crippen LogP contribution < -0.4 is 16.2 Å². The highest BCUT2D eigenvalue weighted by molar-refractivity contribution is 7.20. The third-order valence-corrected chi connectivity index (χ3v) is 8.13. The van der Waals surface area contributed by atoms with Gasteiger partial charge in [-0.3, -0.25) is 19.0 Å². The summed E-state index contributed by atoms with van der Waals surface area (Å²) in [5, 5.41) is 5.75. The number of amides is 2. The summed E-state index contributed by atoms with van der Waals surface area (Å²) in [6.07, 6.45) is -0.233. The van der Waals surface area contributed by atoms with Crippen LogP contribution in [0.25, 0.3) is 10.2 Å². The molecule has 0 bridgehead atoms. The molecular formula is C25H27F3N4O3S. The van der Waals surface area contributed by atoms with E-state index in [-0.39, 0.29) is 23.0 Å². The number of carbonyl (C=O) groups excluding carboxylic acids is 2. The summed E-state index contributed by atoms with van der Waals surface area (Å²) in [6.45, 7) is 5.56. The maximum absolute atomic E-state index is 13.1. The second-order valence-electron chi connectivity index (χ2n) is 9.39. The average Bonchev–Trinajstić information content (AvgIpc) is 3.15. The number of nitrogens with one attached hydrogen (secondary N) is 2. The van der Waals surface area contributed by atoms with Crippen LogP contribution in [0.4, 0.5) is 18.9 Å². The summed E-state index contributed by atoms with van der Waals surface area (Å²) in [5.41, 5.74) is -0.924. The molecule has 1 aromatic carbocycles. The van der Waals surface area contributed by atoms with Gasteiger partial charge in [0, 0.05) is 11.7 Å². The molecule has 2 heterocycles. The summed E-state index contributed by atoms with van der Waals surface area (Å²) in [6, 6.07) is 4.31. The molecule has 11 heteroatoms. The largest absolute Gasteiger partial charge is 0.416 e. The first-order valence-corrected chi connectivity index (χ1v) is 12.5. The topological polar surface area (TPSA) is 93.1 Å². The monoisotopic (exact) mass is 520 g/mol. The Hall–Kier alpha value is -3.21. The van der Waals surface area contributed by atoms with E-state index in [1.165, 1.54) is 18.5 Å². The molecule has 0 spiro atoms. The van der Waals surface area contributed by atoms with Gasteiger partial charge in [0.1, 0.15) is 11.4 Å². The number of fused-ring (bicyclic) bond motifs is 1. The van der Waals surface area contributed by atoms with E-state index in [2.05, 4.69) is 29.5 Å². The summed E-state index contributed by atoms with van der Waals surface area (Å²) in [4.78, 5) is 43.7. The van der Waals surface area contributed by atoms with Gasteiger partial charge < -0.3 is 10.6 Å². The lowest BCUT2D eigenvalue weighted by molar-refractivity contribution is -0.137. The van der Waals surface area contributed by atoms with Crippen molar-refractivity contribution in [2.24, 2.45) is 11.8 Å². The number of halogens is 3. The third kappa shape index (κ3) is 5.30. The van der Waals surface area contributed by atoms with Crippen LogP contribution in [0, 0.1) is 18.8 Å². The van der Waals surface area contributed by atoms with Gasteiger partial charge in [0.2, 0.25) is 5.91 Å². The maximum atomic E-state index is 13.1.